The zero-order valence-corrected chi connectivity index (χ0v) is 21.4. The minimum Gasteiger partial charge on any atom is -0.339 e. The minimum atomic E-state index is -0.327. The van der Waals surface area contributed by atoms with E-state index < -0.39 is 0 Å². The van der Waals surface area contributed by atoms with E-state index in [4.69, 9.17) is 16.1 Å². The molecule has 5 rings (SSSR count). The third-order valence-electron chi connectivity index (χ3n) is 8.16. The van der Waals surface area contributed by atoms with Gasteiger partial charge in [0, 0.05) is 30.5 Å². The zero-order chi connectivity index (χ0) is 24.6. The second kappa shape index (κ2) is 10.1. The summed E-state index contributed by atoms with van der Waals surface area (Å²) in [7, 11) is 0. The van der Waals surface area contributed by atoms with Gasteiger partial charge < -0.3 is 14.7 Å². The number of piperidine rings is 2. The molecule has 0 spiro atoms. The smallest absolute Gasteiger partial charge is 0.321 e. The Morgan fingerprint density at radius 1 is 1.20 bits per heavy atom. The van der Waals surface area contributed by atoms with Gasteiger partial charge in [-0.2, -0.15) is 4.98 Å². The highest BCUT2D eigenvalue weighted by atomic mass is 35.5. The van der Waals surface area contributed by atoms with Crippen LogP contribution in [0.25, 0.3) is 0 Å². The summed E-state index contributed by atoms with van der Waals surface area (Å²) in [5.41, 5.74) is 1.59. The fraction of sp³-hybridized carbons (Fsp3) is 0.654. The molecule has 0 bridgehead atoms. The number of benzene rings is 1. The molecule has 2 amide bonds. The number of halogens is 2. The number of rotatable bonds is 6. The molecule has 2 aromatic rings. The van der Waals surface area contributed by atoms with E-state index >= 15 is 0 Å². The van der Waals surface area contributed by atoms with Crippen LogP contribution in [0.15, 0.2) is 22.7 Å². The standard InChI is InChI=1S/C26H35ClFN5O2/c1-17(16-28)32-12-8-18(9-13-32)20-4-3-5-21(27)22(20)29-25(34)33-14-10-26(2,11-15-33)24-30-23(35-31-24)19-6-7-19/h3-5,17-19H,6-16H2,1-2H3,(H,29,34). The fourth-order valence-electron chi connectivity index (χ4n) is 5.35. The molecule has 1 atom stereocenters. The predicted octanol–water partition coefficient (Wildman–Crippen LogP) is 5.72. The molecule has 2 aliphatic heterocycles. The van der Waals surface area contributed by atoms with Gasteiger partial charge in [-0.05, 0) is 76.1 Å². The monoisotopic (exact) mass is 503 g/mol. The summed E-state index contributed by atoms with van der Waals surface area (Å²) >= 11 is 6.57. The van der Waals surface area contributed by atoms with Crippen LogP contribution >= 0.6 is 11.6 Å². The topological polar surface area (TPSA) is 74.5 Å². The molecule has 7 nitrogen and oxygen atoms in total. The third kappa shape index (κ3) is 5.19. The van der Waals surface area contributed by atoms with Crippen molar-refractivity contribution in [1.29, 1.82) is 0 Å². The van der Waals surface area contributed by atoms with Gasteiger partial charge >= 0.3 is 6.03 Å². The number of nitrogens with zero attached hydrogens (tertiary/aromatic N) is 4. The summed E-state index contributed by atoms with van der Waals surface area (Å²) in [6.45, 7) is 6.69. The van der Waals surface area contributed by atoms with Crippen molar-refractivity contribution in [2.75, 3.05) is 38.2 Å². The van der Waals surface area contributed by atoms with E-state index in [0.717, 1.165) is 68.9 Å². The number of likely N-dealkylation sites (tertiary alicyclic amines) is 2. The first-order valence-electron chi connectivity index (χ1n) is 12.9. The van der Waals surface area contributed by atoms with E-state index in [1.165, 1.54) is 0 Å². The third-order valence-corrected chi connectivity index (χ3v) is 8.47. The molecule has 1 aromatic heterocycles. The van der Waals surface area contributed by atoms with Crippen LogP contribution in [-0.2, 0) is 5.41 Å². The number of carbonyl (C=O) groups is 1. The SMILES string of the molecule is CC(CF)N1CCC(c2cccc(Cl)c2NC(=O)N2CCC(C)(c3noc(C4CC4)n3)CC2)CC1. The molecule has 1 aliphatic carbocycles. The number of hydrogen-bond donors (Lipinski definition) is 1. The van der Waals surface area contributed by atoms with Crippen molar-refractivity contribution in [3.63, 3.8) is 0 Å². The highest BCUT2D eigenvalue weighted by molar-refractivity contribution is 6.33. The maximum absolute atomic E-state index is 13.2. The van der Waals surface area contributed by atoms with Gasteiger partial charge in [-0.1, -0.05) is 35.8 Å². The summed E-state index contributed by atoms with van der Waals surface area (Å²) in [5.74, 6) is 2.25. The normalized spacial score (nSPS) is 22.2. The van der Waals surface area contributed by atoms with Crippen molar-refractivity contribution in [2.24, 2.45) is 0 Å². The molecule has 190 valence electrons. The highest BCUT2D eigenvalue weighted by Gasteiger charge is 2.39. The Kier molecular flexibility index (Phi) is 7.04. The Labute approximate surface area is 211 Å². The van der Waals surface area contributed by atoms with E-state index in [-0.39, 0.29) is 30.1 Å². The second-order valence-corrected chi connectivity index (χ2v) is 11.1. The molecule has 2 saturated heterocycles. The van der Waals surface area contributed by atoms with Crippen LogP contribution in [0.1, 0.15) is 81.5 Å². The summed E-state index contributed by atoms with van der Waals surface area (Å²) in [4.78, 5) is 21.9. The van der Waals surface area contributed by atoms with Crippen molar-refractivity contribution < 1.29 is 13.7 Å². The van der Waals surface area contributed by atoms with E-state index in [1.807, 2.05) is 24.0 Å². The van der Waals surface area contributed by atoms with Crippen LogP contribution in [0.2, 0.25) is 5.02 Å². The summed E-state index contributed by atoms with van der Waals surface area (Å²) in [6.07, 6.45) is 5.67. The van der Waals surface area contributed by atoms with Gasteiger partial charge in [0.25, 0.3) is 0 Å². The zero-order valence-electron chi connectivity index (χ0n) is 20.6. The van der Waals surface area contributed by atoms with E-state index in [1.54, 1.807) is 0 Å². The number of para-hydroxylation sites is 1. The molecular weight excluding hydrogens is 469 g/mol. The Morgan fingerprint density at radius 2 is 1.91 bits per heavy atom. The first-order chi connectivity index (χ1) is 16.9. The van der Waals surface area contributed by atoms with Gasteiger partial charge in [0.05, 0.1) is 10.7 Å². The van der Waals surface area contributed by atoms with E-state index in [0.29, 0.717) is 29.7 Å². The molecular formula is C26H35ClFN5O2. The molecule has 3 fully saturated rings. The van der Waals surface area contributed by atoms with Crippen LogP contribution in [0.4, 0.5) is 14.9 Å². The molecule has 1 N–H and O–H groups in total. The maximum Gasteiger partial charge on any atom is 0.321 e. The minimum absolute atomic E-state index is 0.0491. The molecule has 1 unspecified atom stereocenters. The number of amides is 2. The van der Waals surface area contributed by atoms with Crippen molar-refractivity contribution in [1.82, 2.24) is 19.9 Å². The number of aromatic nitrogens is 2. The Balaban J connectivity index is 1.22. The number of carbonyl (C=O) groups excluding carboxylic acids is 1. The molecule has 1 aromatic carbocycles. The quantitative estimate of drug-likeness (QED) is 0.545. The van der Waals surface area contributed by atoms with Gasteiger partial charge in [0.1, 0.15) is 6.67 Å². The summed E-state index contributed by atoms with van der Waals surface area (Å²) in [5, 5.41) is 7.93. The molecule has 9 heteroatoms. The number of urea groups is 1. The lowest BCUT2D eigenvalue weighted by molar-refractivity contribution is 0.140. The number of nitrogens with one attached hydrogen (secondary N) is 1. The van der Waals surface area contributed by atoms with Crippen LogP contribution in [0, 0.1) is 0 Å². The van der Waals surface area contributed by atoms with Gasteiger partial charge in [0.15, 0.2) is 5.82 Å². The van der Waals surface area contributed by atoms with Crippen LogP contribution in [0.5, 0.6) is 0 Å². The largest absolute Gasteiger partial charge is 0.339 e. The van der Waals surface area contributed by atoms with Gasteiger partial charge in [-0.25, -0.2) is 9.18 Å². The highest BCUT2D eigenvalue weighted by Crippen LogP contribution is 2.41. The predicted molar refractivity (Wildman–Crippen MR) is 134 cm³/mol. The lowest BCUT2D eigenvalue weighted by Crippen LogP contribution is -2.46. The summed E-state index contributed by atoms with van der Waals surface area (Å²) in [6, 6.07) is 5.64. The molecule has 1 saturated carbocycles. The average molecular weight is 504 g/mol. The first-order valence-corrected chi connectivity index (χ1v) is 13.2. The lowest BCUT2D eigenvalue weighted by atomic mass is 9.79. The van der Waals surface area contributed by atoms with Crippen LogP contribution < -0.4 is 5.32 Å². The van der Waals surface area contributed by atoms with Crippen LogP contribution in [-0.4, -0.2) is 64.9 Å². The number of hydrogen-bond acceptors (Lipinski definition) is 5. The Morgan fingerprint density at radius 3 is 2.57 bits per heavy atom. The molecule has 3 aliphatic rings. The Bertz CT molecular complexity index is 1040. The number of alkyl halides is 1. The van der Waals surface area contributed by atoms with E-state index in [2.05, 4.69) is 33.3 Å². The van der Waals surface area contributed by atoms with Crippen LogP contribution in [0.3, 0.4) is 0 Å². The average Bonchev–Trinajstić information content (AvgIpc) is 3.60. The molecule has 35 heavy (non-hydrogen) atoms. The Hall–Kier alpha value is -2.19. The first kappa shape index (κ1) is 24.5. The van der Waals surface area contributed by atoms with Crippen molar-refractivity contribution in [3.05, 3.63) is 40.5 Å². The van der Waals surface area contributed by atoms with Gasteiger partial charge in [-0.15, -0.1) is 0 Å². The van der Waals surface area contributed by atoms with Gasteiger partial charge in [-0.3, -0.25) is 4.90 Å². The van der Waals surface area contributed by atoms with Crippen molar-refractivity contribution in [2.45, 2.75) is 75.7 Å². The molecule has 0 radical (unpaired) electrons. The second-order valence-electron chi connectivity index (χ2n) is 10.7. The lowest BCUT2D eigenvalue weighted by Gasteiger charge is -2.38. The van der Waals surface area contributed by atoms with Crippen molar-refractivity contribution in [3.8, 4) is 0 Å². The summed E-state index contributed by atoms with van der Waals surface area (Å²) < 4.78 is 18.6. The van der Waals surface area contributed by atoms with Gasteiger partial charge in [0.2, 0.25) is 5.89 Å². The fourth-order valence-corrected chi connectivity index (χ4v) is 5.58. The number of anilines is 1. The molecule has 3 heterocycles. The maximum atomic E-state index is 13.2. The van der Waals surface area contributed by atoms with E-state index in [9.17, 15) is 9.18 Å². The van der Waals surface area contributed by atoms with Crippen molar-refractivity contribution >= 4 is 23.3 Å².